The SMILES string of the molecule is Cc1ncncc1C(=O)N1CCOC(C)(C(=O)N2CCOCC2)C1. The highest BCUT2D eigenvalue weighted by Gasteiger charge is 2.43. The minimum absolute atomic E-state index is 0.0932. The van der Waals surface area contributed by atoms with E-state index in [2.05, 4.69) is 9.97 Å². The lowest BCUT2D eigenvalue weighted by Gasteiger charge is -2.42. The van der Waals surface area contributed by atoms with Crippen LogP contribution in [-0.2, 0) is 14.3 Å². The Morgan fingerprint density at radius 3 is 2.58 bits per heavy atom. The van der Waals surface area contributed by atoms with Crippen LogP contribution in [0.3, 0.4) is 0 Å². The summed E-state index contributed by atoms with van der Waals surface area (Å²) in [6, 6.07) is 0. The maximum Gasteiger partial charge on any atom is 0.257 e. The predicted octanol–water partition coefficient (Wildman–Crippen LogP) is -0.125. The Morgan fingerprint density at radius 2 is 1.88 bits per heavy atom. The summed E-state index contributed by atoms with van der Waals surface area (Å²) in [6.45, 7) is 6.68. The topological polar surface area (TPSA) is 84.9 Å². The third kappa shape index (κ3) is 3.25. The molecule has 3 rings (SSSR count). The zero-order valence-electron chi connectivity index (χ0n) is 14.0. The van der Waals surface area contributed by atoms with Crippen molar-refractivity contribution in [3.63, 3.8) is 0 Å². The van der Waals surface area contributed by atoms with Crippen molar-refractivity contribution in [1.29, 1.82) is 0 Å². The van der Waals surface area contributed by atoms with Crippen molar-refractivity contribution in [2.24, 2.45) is 0 Å². The van der Waals surface area contributed by atoms with Crippen molar-refractivity contribution in [3.8, 4) is 0 Å². The van der Waals surface area contributed by atoms with Crippen LogP contribution >= 0.6 is 0 Å². The zero-order chi connectivity index (χ0) is 17.2. The highest BCUT2D eigenvalue weighted by Crippen LogP contribution is 2.23. The second kappa shape index (κ2) is 6.82. The molecule has 2 amide bonds. The first-order valence-corrected chi connectivity index (χ1v) is 8.08. The van der Waals surface area contributed by atoms with Gasteiger partial charge in [-0.3, -0.25) is 9.59 Å². The first-order valence-electron chi connectivity index (χ1n) is 8.08. The molecule has 0 aliphatic carbocycles. The van der Waals surface area contributed by atoms with Crippen molar-refractivity contribution in [1.82, 2.24) is 19.8 Å². The van der Waals surface area contributed by atoms with Gasteiger partial charge in [-0.1, -0.05) is 0 Å². The number of aromatic nitrogens is 2. The van der Waals surface area contributed by atoms with Gasteiger partial charge < -0.3 is 19.3 Å². The van der Waals surface area contributed by atoms with E-state index in [1.54, 1.807) is 23.6 Å². The number of rotatable bonds is 2. The van der Waals surface area contributed by atoms with E-state index in [9.17, 15) is 9.59 Å². The molecule has 0 aromatic carbocycles. The van der Waals surface area contributed by atoms with Crippen LogP contribution in [0.2, 0.25) is 0 Å². The number of carbonyl (C=O) groups excluding carboxylic acids is 2. The summed E-state index contributed by atoms with van der Waals surface area (Å²) in [5, 5.41) is 0. The lowest BCUT2D eigenvalue weighted by Crippen LogP contribution is -2.61. The van der Waals surface area contributed by atoms with E-state index < -0.39 is 5.60 Å². The summed E-state index contributed by atoms with van der Waals surface area (Å²) in [4.78, 5) is 37.0. The number of morpholine rings is 2. The molecule has 0 spiro atoms. The minimum Gasteiger partial charge on any atom is -0.378 e. The fourth-order valence-corrected chi connectivity index (χ4v) is 3.04. The van der Waals surface area contributed by atoms with Gasteiger partial charge >= 0.3 is 0 Å². The zero-order valence-corrected chi connectivity index (χ0v) is 14.0. The van der Waals surface area contributed by atoms with Gasteiger partial charge in [0.15, 0.2) is 5.60 Å². The van der Waals surface area contributed by atoms with Crippen molar-refractivity contribution in [2.45, 2.75) is 19.4 Å². The number of aryl methyl sites for hydroxylation is 1. The standard InChI is InChI=1S/C16H22N4O4/c1-12-13(9-17-11-18-12)14(21)20-5-8-24-16(2,10-20)15(22)19-3-6-23-7-4-19/h9,11H,3-8,10H2,1-2H3. The van der Waals surface area contributed by atoms with E-state index in [4.69, 9.17) is 9.47 Å². The van der Waals surface area contributed by atoms with Crippen LogP contribution in [0.15, 0.2) is 12.5 Å². The largest absolute Gasteiger partial charge is 0.378 e. The van der Waals surface area contributed by atoms with E-state index in [0.717, 1.165) is 0 Å². The molecule has 1 unspecified atom stereocenters. The molecular formula is C16H22N4O4. The minimum atomic E-state index is -1.03. The summed E-state index contributed by atoms with van der Waals surface area (Å²) >= 11 is 0. The Kier molecular flexibility index (Phi) is 4.77. The molecular weight excluding hydrogens is 312 g/mol. The second-order valence-corrected chi connectivity index (χ2v) is 6.23. The Morgan fingerprint density at radius 1 is 1.17 bits per heavy atom. The monoisotopic (exact) mass is 334 g/mol. The van der Waals surface area contributed by atoms with Crippen LogP contribution in [-0.4, -0.2) is 83.2 Å². The van der Waals surface area contributed by atoms with E-state index in [-0.39, 0.29) is 18.4 Å². The Balaban J connectivity index is 1.74. The molecule has 2 aliphatic heterocycles. The highest BCUT2D eigenvalue weighted by molar-refractivity contribution is 5.96. The first-order chi connectivity index (χ1) is 11.5. The fourth-order valence-electron chi connectivity index (χ4n) is 3.04. The van der Waals surface area contributed by atoms with Gasteiger partial charge in [-0.05, 0) is 13.8 Å². The molecule has 2 saturated heterocycles. The molecule has 130 valence electrons. The van der Waals surface area contributed by atoms with Crippen LogP contribution in [0.5, 0.6) is 0 Å². The van der Waals surface area contributed by atoms with Crippen molar-refractivity contribution in [2.75, 3.05) is 46.0 Å². The fraction of sp³-hybridized carbons (Fsp3) is 0.625. The summed E-state index contributed by atoms with van der Waals surface area (Å²) in [5.41, 5.74) is 0.0534. The van der Waals surface area contributed by atoms with Crippen molar-refractivity contribution < 1.29 is 19.1 Å². The molecule has 2 aliphatic rings. The Bertz CT molecular complexity index is 632. The average Bonchev–Trinajstić information content (AvgIpc) is 2.62. The van der Waals surface area contributed by atoms with Gasteiger partial charge in [0.05, 0.1) is 37.6 Å². The molecule has 8 nitrogen and oxygen atoms in total. The van der Waals surface area contributed by atoms with E-state index in [1.165, 1.54) is 12.5 Å². The molecule has 1 aromatic rings. The van der Waals surface area contributed by atoms with Crippen LogP contribution in [0.25, 0.3) is 0 Å². The molecule has 24 heavy (non-hydrogen) atoms. The van der Waals surface area contributed by atoms with Crippen molar-refractivity contribution >= 4 is 11.8 Å². The lowest BCUT2D eigenvalue weighted by atomic mass is 10.0. The number of nitrogens with zero attached hydrogens (tertiary/aromatic N) is 4. The highest BCUT2D eigenvalue weighted by atomic mass is 16.5. The van der Waals surface area contributed by atoms with Crippen molar-refractivity contribution in [3.05, 3.63) is 23.8 Å². The molecule has 0 bridgehead atoms. The summed E-state index contributed by atoms with van der Waals surface area (Å²) < 4.78 is 11.1. The molecule has 0 saturated carbocycles. The molecule has 3 heterocycles. The van der Waals surface area contributed by atoms with Gasteiger partial charge in [0.25, 0.3) is 11.8 Å². The van der Waals surface area contributed by atoms with E-state index in [1.807, 2.05) is 0 Å². The molecule has 2 fully saturated rings. The van der Waals surface area contributed by atoms with E-state index >= 15 is 0 Å². The van der Waals surface area contributed by atoms with Gasteiger partial charge in [-0.2, -0.15) is 0 Å². The predicted molar refractivity (Wildman–Crippen MR) is 84.4 cm³/mol. The number of ether oxygens (including phenoxy) is 2. The summed E-state index contributed by atoms with van der Waals surface area (Å²) in [5.74, 6) is -0.262. The summed E-state index contributed by atoms with van der Waals surface area (Å²) in [6.07, 6.45) is 2.93. The molecule has 1 aromatic heterocycles. The van der Waals surface area contributed by atoms with Crippen LogP contribution in [0, 0.1) is 6.92 Å². The Labute approximate surface area is 140 Å². The maximum atomic E-state index is 12.8. The Hall–Kier alpha value is -2.06. The third-order valence-corrected chi connectivity index (χ3v) is 4.45. The molecule has 0 N–H and O–H groups in total. The second-order valence-electron chi connectivity index (χ2n) is 6.23. The first kappa shape index (κ1) is 16.8. The lowest BCUT2D eigenvalue weighted by molar-refractivity contribution is -0.168. The number of carbonyl (C=O) groups is 2. The quantitative estimate of drug-likeness (QED) is 0.749. The average molecular weight is 334 g/mol. The maximum absolute atomic E-state index is 12.8. The number of hydrogen-bond acceptors (Lipinski definition) is 6. The third-order valence-electron chi connectivity index (χ3n) is 4.45. The smallest absolute Gasteiger partial charge is 0.257 e. The van der Waals surface area contributed by atoms with Gasteiger partial charge in [-0.25, -0.2) is 9.97 Å². The number of hydrogen-bond donors (Lipinski definition) is 0. The normalized spacial score (nSPS) is 24.8. The van der Waals surface area contributed by atoms with Crippen LogP contribution in [0.4, 0.5) is 0 Å². The van der Waals surface area contributed by atoms with Crippen LogP contribution < -0.4 is 0 Å². The van der Waals surface area contributed by atoms with E-state index in [0.29, 0.717) is 50.7 Å². The number of amides is 2. The molecule has 0 radical (unpaired) electrons. The van der Waals surface area contributed by atoms with Gasteiger partial charge in [0.2, 0.25) is 0 Å². The molecule has 1 atom stereocenters. The van der Waals surface area contributed by atoms with Gasteiger partial charge in [0.1, 0.15) is 6.33 Å². The molecule has 8 heteroatoms. The van der Waals surface area contributed by atoms with Gasteiger partial charge in [0, 0.05) is 25.8 Å². The van der Waals surface area contributed by atoms with Crippen LogP contribution in [0.1, 0.15) is 23.0 Å². The summed E-state index contributed by atoms with van der Waals surface area (Å²) in [7, 11) is 0. The van der Waals surface area contributed by atoms with Gasteiger partial charge in [-0.15, -0.1) is 0 Å².